The average molecular weight is 260 g/mol. The molecule has 1 aliphatic rings. The van der Waals surface area contributed by atoms with Gasteiger partial charge in [-0.3, -0.25) is 4.79 Å². The zero-order chi connectivity index (χ0) is 13.7. The zero-order valence-corrected chi connectivity index (χ0v) is 11.9. The SMILES string of the molecule is Cc1ccccc1CC(=O)NCC1CCNCC1C. The molecule has 0 radical (unpaired) electrons. The van der Waals surface area contributed by atoms with Crippen LogP contribution in [0.3, 0.4) is 0 Å². The first-order chi connectivity index (χ1) is 9.16. The summed E-state index contributed by atoms with van der Waals surface area (Å²) in [6.07, 6.45) is 1.65. The number of benzene rings is 1. The van der Waals surface area contributed by atoms with Crippen LogP contribution in [0.5, 0.6) is 0 Å². The second kappa shape index (κ2) is 6.71. The van der Waals surface area contributed by atoms with Gasteiger partial charge >= 0.3 is 0 Å². The van der Waals surface area contributed by atoms with Gasteiger partial charge in [0.2, 0.25) is 5.91 Å². The standard InChI is InChI=1S/C16H24N2O/c1-12-5-3-4-6-14(12)9-16(19)18-11-15-7-8-17-10-13(15)2/h3-6,13,15,17H,7-11H2,1-2H3,(H,18,19). The first-order valence-corrected chi connectivity index (χ1v) is 7.18. The lowest BCUT2D eigenvalue weighted by molar-refractivity contribution is -0.120. The van der Waals surface area contributed by atoms with Crippen molar-refractivity contribution in [3.63, 3.8) is 0 Å². The van der Waals surface area contributed by atoms with E-state index in [1.807, 2.05) is 18.2 Å². The van der Waals surface area contributed by atoms with Crippen LogP contribution in [-0.2, 0) is 11.2 Å². The van der Waals surface area contributed by atoms with Gasteiger partial charge in [0.1, 0.15) is 0 Å². The van der Waals surface area contributed by atoms with Crippen LogP contribution in [0.15, 0.2) is 24.3 Å². The number of aryl methyl sites for hydroxylation is 1. The predicted molar refractivity (Wildman–Crippen MR) is 78.0 cm³/mol. The molecule has 2 atom stereocenters. The first kappa shape index (κ1) is 14.1. The molecule has 2 N–H and O–H groups in total. The van der Waals surface area contributed by atoms with Gasteiger partial charge in [0.15, 0.2) is 0 Å². The van der Waals surface area contributed by atoms with Crippen LogP contribution in [-0.4, -0.2) is 25.5 Å². The van der Waals surface area contributed by atoms with Gasteiger partial charge in [0.05, 0.1) is 6.42 Å². The molecular weight excluding hydrogens is 236 g/mol. The van der Waals surface area contributed by atoms with E-state index in [2.05, 4.69) is 30.5 Å². The Labute approximate surface area is 115 Å². The fourth-order valence-corrected chi connectivity index (χ4v) is 2.66. The van der Waals surface area contributed by atoms with Crippen LogP contribution in [0.2, 0.25) is 0 Å². The van der Waals surface area contributed by atoms with Crippen molar-refractivity contribution in [1.29, 1.82) is 0 Å². The third kappa shape index (κ3) is 4.06. The van der Waals surface area contributed by atoms with Gasteiger partial charge in [-0.05, 0) is 49.4 Å². The number of piperidine rings is 1. The smallest absolute Gasteiger partial charge is 0.224 e. The lowest BCUT2D eigenvalue weighted by atomic mass is 9.88. The molecule has 104 valence electrons. The molecule has 1 aliphatic heterocycles. The molecule has 1 heterocycles. The number of hydrogen-bond acceptors (Lipinski definition) is 2. The van der Waals surface area contributed by atoms with Gasteiger partial charge in [0.25, 0.3) is 0 Å². The molecule has 2 rings (SSSR count). The normalized spacial score (nSPS) is 23.1. The number of rotatable bonds is 4. The van der Waals surface area contributed by atoms with Crippen molar-refractivity contribution in [2.75, 3.05) is 19.6 Å². The van der Waals surface area contributed by atoms with Crippen LogP contribution in [0.4, 0.5) is 0 Å². The highest BCUT2D eigenvalue weighted by molar-refractivity contribution is 5.78. The van der Waals surface area contributed by atoms with Crippen LogP contribution in [0.25, 0.3) is 0 Å². The molecule has 0 aliphatic carbocycles. The van der Waals surface area contributed by atoms with E-state index in [1.165, 1.54) is 5.56 Å². The summed E-state index contributed by atoms with van der Waals surface area (Å²) in [4.78, 5) is 12.0. The van der Waals surface area contributed by atoms with Crippen LogP contribution in [0.1, 0.15) is 24.5 Å². The van der Waals surface area contributed by atoms with Gasteiger partial charge in [0, 0.05) is 6.54 Å². The maximum absolute atomic E-state index is 12.0. The lowest BCUT2D eigenvalue weighted by Crippen LogP contribution is -2.41. The monoisotopic (exact) mass is 260 g/mol. The number of carbonyl (C=O) groups is 1. The molecule has 3 nitrogen and oxygen atoms in total. The highest BCUT2D eigenvalue weighted by Gasteiger charge is 2.21. The molecule has 0 bridgehead atoms. The van der Waals surface area contributed by atoms with E-state index in [-0.39, 0.29) is 5.91 Å². The van der Waals surface area contributed by atoms with E-state index in [0.29, 0.717) is 18.3 Å². The van der Waals surface area contributed by atoms with Crippen molar-refractivity contribution >= 4 is 5.91 Å². The molecule has 1 aromatic carbocycles. The van der Waals surface area contributed by atoms with Crippen molar-refractivity contribution in [3.05, 3.63) is 35.4 Å². The average Bonchev–Trinajstić information content (AvgIpc) is 2.40. The number of nitrogens with one attached hydrogen (secondary N) is 2. The first-order valence-electron chi connectivity index (χ1n) is 7.18. The van der Waals surface area contributed by atoms with E-state index in [9.17, 15) is 4.79 Å². The number of hydrogen-bond donors (Lipinski definition) is 2. The maximum Gasteiger partial charge on any atom is 0.224 e. The van der Waals surface area contributed by atoms with E-state index in [1.54, 1.807) is 0 Å². The van der Waals surface area contributed by atoms with Gasteiger partial charge in [-0.2, -0.15) is 0 Å². The largest absolute Gasteiger partial charge is 0.356 e. The van der Waals surface area contributed by atoms with E-state index in [4.69, 9.17) is 0 Å². The molecule has 2 unspecified atom stereocenters. The fourth-order valence-electron chi connectivity index (χ4n) is 2.66. The summed E-state index contributed by atoms with van der Waals surface area (Å²) < 4.78 is 0. The van der Waals surface area contributed by atoms with E-state index >= 15 is 0 Å². The summed E-state index contributed by atoms with van der Waals surface area (Å²) in [7, 11) is 0. The lowest BCUT2D eigenvalue weighted by Gasteiger charge is -2.29. The molecule has 1 amide bonds. The third-order valence-electron chi connectivity index (χ3n) is 4.14. The van der Waals surface area contributed by atoms with Crippen molar-refractivity contribution in [2.24, 2.45) is 11.8 Å². The molecular formula is C16H24N2O. The Bertz CT molecular complexity index is 431. The topological polar surface area (TPSA) is 41.1 Å². The molecule has 19 heavy (non-hydrogen) atoms. The highest BCUT2D eigenvalue weighted by Crippen LogP contribution is 2.17. The summed E-state index contributed by atoms with van der Waals surface area (Å²) in [6.45, 7) is 7.26. The minimum atomic E-state index is 0.139. The summed E-state index contributed by atoms with van der Waals surface area (Å²) >= 11 is 0. The second-order valence-corrected chi connectivity index (χ2v) is 5.64. The van der Waals surface area contributed by atoms with Crippen LogP contribution >= 0.6 is 0 Å². The van der Waals surface area contributed by atoms with Gasteiger partial charge in [-0.15, -0.1) is 0 Å². The summed E-state index contributed by atoms with van der Waals surface area (Å²) in [6, 6.07) is 8.08. The van der Waals surface area contributed by atoms with Crippen LogP contribution < -0.4 is 10.6 Å². The Balaban J connectivity index is 1.80. The second-order valence-electron chi connectivity index (χ2n) is 5.64. The minimum absolute atomic E-state index is 0.139. The van der Waals surface area contributed by atoms with Crippen molar-refractivity contribution in [2.45, 2.75) is 26.7 Å². The molecule has 0 saturated carbocycles. The quantitative estimate of drug-likeness (QED) is 0.868. The summed E-state index contributed by atoms with van der Waals surface area (Å²) in [5, 5.41) is 6.48. The van der Waals surface area contributed by atoms with Crippen molar-refractivity contribution in [3.8, 4) is 0 Å². The summed E-state index contributed by atoms with van der Waals surface area (Å²) in [5.74, 6) is 1.40. The Morgan fingerprint density at radius 2 is 2.21 bits per heavy atom. The summed E-state index contributed by atoms with van der Waals surface area (Å²) in [5.41, 5.74) is 2.31. The molecule has 3 heteroatoms. The predicted octanol–water partition coefficient (Wildman–Crippen LogP) is 1.90. The maximum atomic E-state index is 12.0. The molecule has 0 spiro atoms. The zero-order valence-electron chi connectivity index (χ0n) is 11.9. The minimum Gasteiger partial charge on any atom is -0.356 e. The molecule has 1 aromatic rings. The number of amides is 1. The van der Waals surface area contributed by atoms with Crippen LogP contribution in [0, 0.1) is 18.8 Å². The van der Waals surface area contributed by atoms with Gasteiger partial charge in [-0.1, -0.05) is 31.2 Å². The van der Waals surface area contributed by atoms with Crippen molar-refractivity contribution < 1.29 is 4.79 Å². The molecule has 1 fully saturated rings. The van der Waals surface area contributed by atoms with E-state index < -0.39 is 0 Å². The van der Waals surface area contributed by atoms with Gasteiger partial charge in [-0.25, -0.2) is 0 Å². The Morgan fingerprint density at radius 3 is 2.95 bits per heavy atom. The van der Waals surface area contributed by atoms with Gasteiger partial charge < -0.3 is 10.6 Å². The Morgan fingerprint density at radius 1 is 1.42 bits per heavy atom. The molecule has 0 aromatic heterocycles. The highest BCUT2D eigenvalue weighted by atomic mass is 16.1. The fraction of sp³-hybridized carbons (Fsp3) is 0.562. The van der Waals surface area contributed by atoms with E-state index in [0.717, 1.165) is 31.6 Å². The number of carbonyl (C=O) groups excluding carboxylic acids is 1. The third-order valence-corrected chi connectivity index (χ3v) is 4.14. The Hall–Kier alpha value is -1.35. The Kier molecular flexibility index (Phi) is 4.97. The van der Waals surface area contributed by atoms with Crippen molar-refractivity contribution in [1.82, 2.24) is 10.6 Å². The molecule has 1 saturated heterocycles.